The second kappa shape index (κ2) is 5.92. The van der Waals surface area contributed by atoms with Gasteiger partial charge in [-0.2, -0.15) is 0 Å². The van der Waals surface area contributed by atoms with Crippen molar-refractivity contribution in [3.8, 4) is 17.2 Å². The minimum absolute atomic E-state index is 0.0437. The minimum Gasteiger partial charge on any atom is -0.504 e. The normalized spacial score (nSPS) is 35.1. The zero-order valence-corrected chi connectivity index (χ0v) is 19.6. The highest BCUT2D eigenvalue weighted by Crippen LogP contribution is 2.72. The summed E-state index contributed by atoms with van der Waals surface area (Å²) in [5.74, 6) is 2.55. The number of likely N-dealkylation sites (tertiary alicyclic amines) is 1. The highest BCUT2D eigenvalue weighted by Gasteiger charge is 2.78. The summed E-state index contributed by atoms with van der Waals surface area (Å²) in [7, 11) is 1.56. The number of hydrogen-bond donors (Lipinski definition) is 2. The first kappa shape index (κ1) is 19.6. The Bertz CT molecular complexity index is 1390. The quantitative estimate of drug-likeness (QED) is 0.616. The van der Waals surface area contributed by atoms with Gasteiger partial charge in [-0.05, 0) is 62.8 Å². The molecule has 1 spiro atoms. The molecule has 3 aromatic rings. The van der Waals surface area contributed by atoms with Crippen LogP contribution in [0.4, 0.5) is 0 Å². The van der Waals surface area contributed by atoms with E-state index in [0.717, 1.165) is 58.8 Å². The lowest BCUT2D eigenvalue weighted by atomic mass is 9.45. The van der Waals surface area contributed by atoms with E-state index in [4.69, 9.17) is 13.9 Å². The fraction of sp³-hybridized carbons (Fsp3) is 0.500. The van der Waals surface area contributed by atoms with E-state index in [1.165, 1.54) is 12.8 Å². The highest BCUT2D eigenvalue weighted by atomic mass is 16.5. The average Bonchev–Trinajstić information content (AvgIpc) is 3.48. The number of furan rings is 1. The van der Waals surface area contributed by atoms with Crippen LogP contribution in [0.1, 0.15) is 48.6 Å². The van der Waals surface area contributed by atoms with Gasteiger partial charge in [0.25, 0.3) is 0 Å². The second-order valence-electron chi connectivity index (χ2n) is 11.2. The molecular formula is C28H29NO5. The molecule has 2 aliphatic heterocycles. The number of phenols is 1. The van der Waals surface area contributed by atoms with Gasteiger partial charge in [-0.25, -0.2) is 0 Å². The highest BCUT2D eigenvalue weighted by molar-refractivity contribution is 5.84. The van der Waals surface area contributed by atoms with E-state index >= 15 is 0 Å². The molecule has 2 fully saturated rings. The van der Waals surface area contributed by atoms with Crippen LogP contribution in [0, 0.1) is 5.92 Å². The fourth-order valence-corrected chi connectivity index (χ4v) is 8.19. The standard InChI is InChI=1S/C28H29NO5/c1-26-25-18(17-5-3-4-6-20(17)33-25)13-28(31)21-12-16-11-19(30)23(32-2)24(34-26)22(16)27(26,28)9-10-29(21)14-15-7-8-15/h3-6,11,15,21,30-31H,7-10,12-14H2,1-2H3/t21?,26-,27?,28+/m0/s1. The van der Waals surface area contributed by atoms with E-state index in [0.29, 0.717) is 24.3 Å². The number of phenolic OH excluding ortho intramolecular Hbond substituents is 1. The van der Waals surface area contributed by atoms with Gasteiger partial charge in [-0.15, -0.1) is 0 Å². The number of rotatable bonds is 3. The van der Waals surface area contributed by atoms with Crippen molar-refractivity contribution < 1.29 is 24.1 Å². The number of nitrogens with zero attached hydrogens (tertiary/aromatic N) is 1. The van der Waals surface area contributed by atoms with Crippen molar-refractivity contribution in [1.29, 1.82) is 0 Å². The zero-order valence-electron chi connectivity index (χ0n) is 19.6. The summed E-state index contributed by atoms with van der Waals surface area (Å²) >= 11 is 0. The predicted octanol–water partition coefficient (Wildman–Crippen LogP) is 4.02. The Kier molecular flexibility index (Phi) is 3.41. The van der Waals surface area contributed by atoms with Crippen molar-refractivity contribution in [1.82, 2.24) is 4.90 Å². The molecule has 6 heteroatoms. The summed E-state index contributed by atoms with van der Waals surface area (Å²) in [5.41, 5.74) is 1.36. The Labute approximate surface area is 198 Å². The van der Waals surface area contributed by atoms with Gasteiger partial charge in [0.15, 0.2) is 22.9 Å². The summed E-state index contributed by atoms with van der Waals surface area (Å²) < 4.78 is 19.0. The monoisotopic (exact) mass is 459 g/mol. The molecule has 0 amide bonds. The van der Waals surface area contributed by atoms with Crippen LogP contribution < -0.4 is 9.47 Å². The molecule has 3 heterocycles. The number of fused-ring (bicyclic) bond motifs is 4. The Morgan fingerprint density at radius 2 is 2.06 bits per heavy atom. The summed E-state index contributed by atoms with van der Waals surface area (Å²) in [6.45, 7) is 4.03. The van der Waals surface area contributed by atoms with Crippen LogP contribution in [0.25, 0.3) is 11.0 Å². The van der Waals surface area contributed by atoms with E-state index in [9.17, 15) is 10.2 Å². The third-order valence-corrected chi connectivity index (χ3v) is 9.74. The molecule has 2 aromatic carbocycles. The summed E-state index contributed by atoms with van der Waals surface area (Å²) in [6, 6.07) is 9.89. The van der Waals surface area contributed by atoms with Crippen LogP contribution in [0.3, 0.4) is 0 Å². The molecule has 8 rings (SSSR count). The summed E-state index contributed by atoms with van der Waals surface area (Å²) in [6.07, 6.45) is 4.56. The molecule has 6 nitrogen and oxygen atoms in total. The van der Waals surface area contributed by atoms with Gasteiger partial charge in [0.1, 0.15) is 5.58 Å². The topological polar surface area (TPSA) is 75.3 Å². The lowest BCUT2D eigenvalue weighted by Gasteiger charge is -2.65. The van der Waals surface area contributed by atoms with Crippen LogP contribution >= 0.6 is 0 Å². The van der Waals surface area contributed by atoms with Crippen LogP contribution in [-0.4, -0.2) is 47.0 Å². The van der Waals surface area contributed by atoms with E-state index in [1.54, 1.807) is 7.11 Å². The van der Waals surface area contributed by atoms with Gasteiger partial charge in [0, 0.05) is 35.5 Å². The molecule has 2 bridgehead atoms. The Morgan fingerprint density at radius 1 is 1.24 bits per heavy atom. The SMILES string of the molecule is COc1c(O)cc2c3c1O[C@@]1(C)c4oc5ccccc5c4C[C@@]4(O)C(C2)N(CC2CC2)CCC314. The molecule has 4 atom stereocenters. The summed E-state index contributed by atoms with van der Waals surface area (Å²) in [4.78, 5) is 2.53. The first-order chi connectivity index (χ1) is 16.4. The first-order valence-electron chi connectivity index (χ1n) is 12.5. The average molecular weight is 460 g/mol. The molecule has 3 aliphatic carbocycles. The lowest BCUT2D eigenvalue weighted by Crippen LogP contribution is -2.78. The largest absolute Gasteiger partial charge is 0.504 e. The lowest BCUT2D eigenvalue weighted by molar-refractivity contribution is -0.203. The fourth-order valence-electron chi connectivity index (χ4n) is 8.19. The molecule has 2 unspecified atom stereocenters. The molecule has 34 heavy (non-hydrogen) atoms. The van der Waals surface area contributed by atoms with Gasteiger partial charge in [-0.3, -0.25) is 4.90 Å². The van der Waals surface area contributed by atoms with Crippen LogP contribution in [0.5, 0.6) is 17.2 Å². The summed E-state index contributed by atoms with van der Waals surface area (Å²) in [5, 5.41) is 24.9. The molecule has 5 aliphatic rings. The number of benzene rings is 2. The molecule has 0 radical (unpaired) electrons. The van der Waals surface area contributed by atoms with Crippen LogP contribution in [-0.2, 0) is 23.9 Å². The number of aliphatic hydroxyl groups is 1. The van der Waals surface area contributed by atoms with Gasteiger partial charge in [0.05, 0.1) is 18.1 Å². The molecular weight excluding hydrogens is 430 g/mol. The maximum atomic E-state index is 13.0. The second-order valence-corrected chi connectivity index (χ2v) is 11.2. The van der Waals surface area contributed by atoms with Crippen molar-refractivity contribution in [2.24, 2.45) is 5.92 Å². The van der Waals surface area contributed by atoms with E-state index in [-0.39, 0.29) is 11.8 Å². The third-order valence-electron chi connectivity index (χ3n) is 9.74. The maximum absolute atomic E-state index is 13.0. The molecule has 1 saturated carbocycles. The van der Waals surface area contributed by atoms with Gasteiger partial charge >= 0.3 is 0 Å². The number of methoxy groups -OCH3 is 1. The molecule has 1 saturated heterocycles. The Balaban J connectivity index is 1.46. The Hall–Kier alpha value is -2.70. The first-order valence-corrected chi connectivity index (χ1v) is 12.5. The number of aromatic hydroxyl groups is 1. The van der Waals surface area contributed by atoms with Gasteiger partial charge < -0.3 is 24.1 Å². The van der Waals surface area contributed by atoms with E-state index in [1.807, 2.05) is 24.3 Å². The number of hydrogen-bond acceptors (Lipinski definition) is 6. The molecule has 1 aromatic heterocycles. The van der Waals surface area contributed by atoms with Crippen molar-refractivity contribution in [3.63, 3.8) is 0 Å². The van der Waals surface area contributed by atoms with Crippen LogP contribution in [0.15, 0.2) is 34.7 Å². The van der Waals surface area contributed by atoms with Crippen molar-refractivity contribution in [2.45, 2.75) is 61.7 Å². The van der Waals surface area contributed by atoms with Crippen LogP contribution in [0.2, 0.25) is 0 Å². The zero-order chi connectivity index (χ0) is 23.0. The Morgan fingerprint density at radius 3 is 2.85 bits per heavy atom. The number of para-hydroxylation sites is 1. The van der Waals surface area contributed by atoms with Gasteiger partial charge in [0.2, 0.25) is 5.75 Å². The molecule has 176 valence electrons. The van der Waals surface area contributed by atoms with Crippen molar-refractivity contribution >= 4 is 11.0 Å². The van der Waals surface area contributed by atoms with Gasteiger partial charge in [-0.1, -0.05) is 18.2 Å². The number of piperidine rings is 1. The predicted molar refractivity (Wildman–Crippen MR) is 126 cm³/mol. The van der Waals surface area contributed by atoms with Crippen molar-refractivity contribution in [2.75, 3.05) is 20.2 Å². The molecule has 2 N–H and O–H groups in total. The van der Waals surface area contributed by atoms with E-state index in [2.05, 4.69) is 17.9 Å². The van der Waals surface area contributed by atoms with Crippen molar-refractivity contribution in [3.05, 3.63) is 52.8 Å². The van der Waals surface area contributed by atoms with E-state index < -0.39 is 16.6 Å². The number of ether oxygens (including phenoxy) is 2. The smallest absolute Gasteiger partial charge is 0.203 e. The third kappa shape index (κ3) is 1.96. The maximum Gasteiger partial charge on any atom is 0.203 e. The minimum atomic E-state index is -1.02.